The maximum Gasteiger partial charge on any atom is 0.407 e. The smallest absolute Gasteiger partial charge is 0.407 e. The lowest BCUT2D eigenvalue weighted by Crippen LogP contribution is -2.52. The van der Waals surface area contributed by atoms with Crippen LogP contribution in [0.2, 0.25) is 0 Å². The van der Waals surface area contributed by atoms with E-state index in [9.17, 15) is 33.6 Å². The van der Waals surface area contributed by atoms with Crippen LogP contribution in [0.15, 0.2) is 60.7 Å². The van der Waals surface area contributed by atoms with Crippen LogP contribution in [0.3, 0.4) is 0 Å². The van der Waals surface area contributed by atoms with Crippen LogP contribution in [-0.2, 0) is 56.2 Å². The maximum absolute atomic E-state index is 13.4. The average Bonchev–Trinajstić information content (AvgIpc) is 3.17. The molecule has 2 aromatic carbocycles. The Morgan fingerprint density at radius 3 is 1.91 bits per heavy atom. The summed E-state index contributed by atoms with van der Waals surface area (Å²) in [5.74, 6) is -2.73. The van der Waals surface area contributed by atoms with Crippen molar-refractivity contribution in [3.8, 4) is 0 Å². The highest BCUT2D eigenvalue weighted by Crippen LogP contribution is 2.11. The van der Waals surface area contributed by atoms with Gasteiger partial charge in [0, 0.05) is 32.4 Å². The van der Waals surface area contributed by atoms with Gasteiger partial charge in [-0.2, -0.15) is 0 Å². The minimum Gasteiger partial charge on any atom is -0.461 e. The van der Waals surface area contributed by atoms with Gasteiger partial charge in [-0.1, -0.05) is 67.1 Å². The number of hydrogen-bond donors (Lipinski definition) is 5. The van der Waals surface area contributed by atoms with Crippen molar-refractivity contribution in [3.05, 3.63) is 71.8 Å². The van der Waals surface area contributed by atoms with Crippen LogP contribution in [0.25, 0.3) is 0 Å². The third-order valence-electron chi connectivity index (χ3n) is 8.26. The molecule has 15 nitrogen and oxygen atoms in total. The molecule has 0 aliphatic rings. The summed E-state index contributed by atoms with van der Waals surface area (Å²) in [5.41, 5.74) is 6.95. The number of aldehydes is 1. The highest BCUT2D eigenvalue weighted by Gasteiger charge is 2.28. The minimum atomic E-state index is -1.23. The molecule has 0 aliphatic carbocycles. The molecule has 2 aromatic rings. The van der Waals surface area contributed by atoms with Crippen LogP contribution in [0.4, 0.5) is 4.79 Å². The van der Waals surface area contributed by atoms with E-state index in [1.807, 2.05) is 36.4 Å². The highest BCUT2D eigenvalue weighted by molar-refractivity contribution is 5.91. The topological polar surface area (TPSA) is 221 Å². The van der Waals surface area contributed by atoms with Crippen molar-refractivity contribution >= 4 is 42.0 Å². The Kier molecular flexibility index (Phi) is 22.2. The normalized spacial score (nSPS) is 12.6. The summed E-state index contributed by atoms with van der Waals surface area (Å²) in [6.07, 6.45) is 3.34. The number of nitrogens with two attached hydrogens (primary N) is 1. The number of amides is 4. The molecule has 0 radical (unpaired) electrons. The third-order valence-corrected chi connectivity index (χ3v) is 8.26. The number of nitrogens with one attached hydrogen (secondary N) is 4. The van der Waals surface area contributed by atoms with Crippen molar-refractivity contribution in [1.82, 2.24) is 21.3 Å². The second-order valence-electron chi connectivity index (χ2n) is 14.3. The Bertz CT molecular complexity index is 1520. The fourth-order valence-corrected chi connectivity index (χ4v) is 5.25. The first-order valence-electron chi connectivity index (χ1n) is 19.2. The van der Waals surface area contributed by atoms with Gasteiger partial charge in [0.25, 0.3) is 0 Å². The lowest BCUT2D eigenvalue weighted by atomic mass is 10.1. The van der Waals surface area contributed by atoms with E-state index >= 15 is 0 Å². The van der Waals surface area contributed by atoms with Crippen LogP contribution < -0.4 is 27.0 Å². The van der Waals surface area contributed by atoms with E-state index in [1.165, 1.54) is 0 Å². The monoisotopic (exact) mass is 781 g/mol. The molecule has 0 fully saturated rings. The predicted molar refractivity (Wildman–Crippen MR) is 208 cm³/mol. The van der Waals surface area contributed by atoms with Crippen molar-refractivity contribution < 1.29 is 47.8 Å². The molecule has 0 heterocycles. The van der Waals surface area contributed by atoms with E-state index in [-0.39, 0.29) is 51.2 Å². The van der Waals surface area contributed by atoms with Gasteiger partial charge in [-0.25, -0.2) is 9.59 Å². The molecule has 15 heteroatoms. The maximum atomic E-state index is 13.4. The first-order valence-corrected chi connectivity index (χ1v) is 19.2. The van der Waals surface area contributed by atoms with Gasteiger partial charge in [-0.15, -0.1) is 0 Å². The summed E-state index contributed by atoms with van der Waals surface area (Å²) >= 11 is 0. The number of unbranched alkanes of at least 4 members (excludes halogenated alkanes) is 3. The molecule has 3 atom stereocenters. The van der Waals surface area contributed by atoms with Crippen LogP contribution >= 0.6 is 0 Å². The molecule has 4 amide bonds. The lowest BCUT2D eigenvalue weighted by molar-refractivity contribution is -0.151. The number of benzene rings is 2. The molecular weight excluding hydrogens is 722 g/mol. The number of esters is 2. The van der Waals surface area contributed by atoms with Gasteiger partial charge < -0.3 is 46.0 Å². The highest BCUT2D eigenvalue weighted by atomic mass is 16.6. The zero-order valence-corrected chi connectivity index (χ0v) is 32.8. The van der Waals surface area contributed by atoms with E-state index in [0.717, 1.165) is 11.1 Å². The summed E-state index contributed by atoms with van der Waals surface area (Å²) in [5, 5.41) is 10.7. The number of alkyl carbamates (subject to hydrolysis) is 1. The fourth-order valence-electron chi connectivity index (χ4n) is 5.25. The van der Waals surface area contributed by atoms with Crippen LogP contribution in [0, 0.1) is 0 Å². The van der Waals surface area contributed by atoms with Crippen LogP contribution in [-0.4, -0.2) is 78.9 Å². The number of hydrogen-bond acceptors (Lipinski definition) is 11. The average molecular weight is 782 g/mol. The molecule has 0 bridgehead atoms. The van der Waals surface area contributed by atoms with Crippen molar-refractivity contribution in [1.29, 1.82) is 0 Å². The van der Waals surface area contributed by atoms with E-state index in [4.69, 9.17) is 19.9 Å². The molecule has 0 saturated heterocycles. The third kappa shape index (κ3) is 21.5. The van der Waals surface area contributed by atoms with E-state index in [1.54, 1.807) is 45.0 Å². The van der Waals surface area contributed by atoms with Gasteiger partial charge in [0.1, 0.15) is 37.2 Å². The van der Waals surface area contributed by atoms with Crippen molar-refractivity contribution in [2.75, 3.05) is 13.1 Å². The van der Waals surface area contributed by atoms with Crippen LogP contribution in [0.5, 0.6) is 0 Å². The van der Waals surface area contributed by atoms with Gasteiger partial charge in [-0.3, -0.25) is 19.2 Å². The SMILES string of the molecule is CC(C)(C)OC(=O)NCCCCC(N)C(=O)NCCCCCC(=O)NC(CCC=O)C(=O)NC(CCC(=O)OCc1ccccc1)C(=O)OCc1ccccc1. The van der Waals surface area contributed by atoms with E-state index in [2.05, 4.69) is 21.3 Å². The summed E-state index contributed by atoms with van der Waals surface area (Å²) in [4.78, 5) is 87.2. The van der Waals surface area contributed by atoms with E-state index in [0.29, 0.717) is 57.9 Å². The van der Waals surface area contributed by atoms with Crippen molar-refractivity contribution in [2.24, 2.45) is 5.73 Å². The Morgan fingerprint density at radius 1 is 0.679 bits per heavy atom. The number of carbonyl (C=O) groups excluding carboxylic acids is 7. The summed E-state index contributed by atoms with van der Waals surface area (Å²) in [7, 11) is 0. The Labute approximate surface area is 329 Å². The summed E-state index contributed by atoms with van der Waals surface area (Å²) < 4.78 is 16.0. The first-order chi connectivity index (χ1) is 26.8. The zero-order valence-electron chi connectivity index (χ0n) is 32.8. The molecule has 0 aromatic heterocycles. The zero-order chi connectivity index (χ0) is 41.2. The molecular formula is C41H59N5O10. The van der Waals surface area contributed by atoms with Gasteiger partial charge in [0.15, 0.2) is 0 Å². The first kappa shape index (κ1) is 46.8. The van der Waals surface area contributed by atoms with Crippen molar-refractivity contribution in [3.63, 3.8) is 0 Å². The molecule has 308 valence electrons. The van der Waals surface area contributed by atoms with Gasteiger partial charge in [-0.05, 0) is 76.8 Å². The van der Waals surface area contributed by atoms with Gasteiger partial charge in [0.05, 0.1) is 6.04 Å². The second-order valence-corrected chi connectivity index (χ2v) is 14.3. The lowest BCUT2D eigenvalue weighted by Gasteiger charge is -2.22. The molecule has 6 N–H and O–H groups in total. The van der Waals surface area contributed by atoms with E-state index < -0.39 is 53.6 Å². The van der Waals surface area contributed by atoms with Crippen LogP contribution in [0.1, 0.15) is 103 Å². The van der Waals surface area contributed by atoms with Crippen molar-refractivity contribution in [2.45, 2.75) is 128 Å². The fraction of sp³-hybridized carbons (Fsp3) is 0.537. The Balaban J connectivity index is 1.79. The molecule has 3 unspecified atom stereocenters. The Hall–Kier alpha value is -5.31. The number of rotatable bonds is 26. The molecule has 0 saturated carbocycles. The minimum absolute atomic E-state index is 0.00147. The quantitative estimate of drug-likeness (QED) is 0.0399. The summed E-state index contributed by atoms with van der Waals surface area (Å²) in [6, 6.07) is 15.0. The largest absolute Gasteiger partial charge is 0.461 e. The number of carbonyl (C=O) groups is 7. The molecule has 56 heavy (non-hydrogen) atoms. The molecule has 0 aliphatic heterocycles. The second kappa shape index (κ2) is 26.5. The number of ether oxygens (including phenoxy) is 3. The Morgan fingerprint density at radius 2 is 1.29 bits per heavy atom. The standard InChI is InChI=1S/C41H59N5O10/c1-41(2,3)56-40(53)44-26-14-12-20-32(42)37(50)43-25-13-6-11-22-35(48)45-33(21-15-27-47)38(51)46-34(39(52)55-29-31-18-9-5-10-19-31)23-24-36(49)54-28-30-16-7-4-8-17-30/h4-5,7-10,16-19,27,32-34H,6,11-15,20-26,28-29,42H2,1-3H3,(H,43,50)(H,44,53)(H,45,48)(H,46,51). The predicted octanol–water partition coefficient (Wildman–Crippen LogP) is 3.90. The molecule has 0 spiro atoms. The molecule has 2 rings (SSSR count). The summed E-state index contributed by atoms with van der Waals surface area (Å²) in [6.45, 7) is 6.14. The van der Waals surface area contributed by atoms with Gasteiger partial charge in [0.2, 0.25) is 17.7 Å². The van der Waals surface area contributed by atoms with Gasteiger partial charge >= 0.3 is 18.0 Å².